The summed E-state index contributed by atoms with van der Waals surface area (Å²) in [5.41, 5.74) is 4.85. The molecule has 0 radical (unpaired) electrons. The minimum Gasteiger partial charge on any atom is -0.508 e. The maximum Gasteiger partial charge on any atom is 0.255 e. The number of phenols is 1. The van der Waals surface area contributed by atoms with E-state index in [2.05, 4.69) is 34.5 Å². The van der Waals surface area contributed by atoms with Crippen LogP contribution in [-0.2, 0) is 0 Å². The number of rotatable bonds is 5. The van der Waals surface area contributed by atoms with Gasteiger partial charge < -0.3 is 15.3 Å². The van der Waals surface area contributed by atoms with E-state index in [1.807, 2.05) is 30.3 Å². The van der Waals surface area contributed by atoms with Crippen molar-refractivity contribution in [2.75, 3.05) is 23.3 Å². The lowest BCUT2D eigenvalue weighted by Crippen LogP contribution is -2.33. The van der Waals surface area contributed by atoms with Crippen LogP contribution in [0.5, 0.6) is 5.75 Å². The Kier molecular flexibility index (Phi) is 6.49. The number of nitrogens with one attached hydrogen (secondary N) is 1. The standard InChI is InChI=1S/C30H27FN2O2/c31-28-15-12-26(20-29(28)33-18-16-24(17-19-33)21-4-2-1-3-5-21)32-30(35)25-8-6-22(7-9-25)23-10-13-27(34)14-11-23/h1-15,20,24,34H,16-19H2,(H,32,35). The van der Waals surface area contributed by atoms with Crippen molar-refractivity contribution in [2.45, 2.75) is 18.8 Å². The van der Waals surface area contributed by atoms with Crippen molar-refractivity contribution < 1.29 is 14.3 Å². The molecule has 1 heterocycles. The molecular formula is C30H27FN2O2. The molecule has 4 aromatic carbocycles. The zero-order valence-electron chi connectivity index (χ0n) is 19.3. The van der Waals surface area contributed by atoms with Crippen LogP contribution in [0, 0.1) is 5.82 Å². The van der Waals surface area contributed by atoms with Crippen LogP contribution in [0.3, 0.4) is 0 Å². The minimum atomic E-state index is -0.278. The predicted molar refractivity (Wildman–Crippen MR) is 139 cm³/mol. The Morgan fingerprint density at radius 1 is 0.829 bits per heavy atom. The molecule has 0 saturated carbocycles. The lowest BCUT2D eigenvalue weighted by Gasteiger charge is -2.34. The molecule has 1 aliphatic rings. The van der Waals surface area contributed by atoms with Crippen molar-refractivity contribution in [3.05, 3.63) is 114 Å². The molecule has 4 aromatic rings. The van der Waals surface area contributed by atoms with E-state index >= 15 is 0 Å². The molecule has 0 bridgehead atoms. The number of hydrogen-bond donors (Lipinski definition) is 2. The molecule has 2 N–H and O–H groups in total. The van der Waals surface area contributed by atoms with Crippen LogP contribution < -0.4 is 10.2 Å². The van der Waals surface area contributed by atoms with Crippen molar-refractivity contribution in [2.24, 2.45) is 0 Å². The largest absolute Gasteiger partial charge is 0.508 e. The molecule has 0 spiro atoms. The van der Waals surface area contributed by atoms with Crippen LogP contribution in [0.1, 0.15) is 34.7 Å². The third-order valence-corrected chi connectivity index (χ3v) is 6.66. The van der Waals surface area contributed by atoms with E-state index in [0.717, 1.165) is 37.1 Å². The molecule has 1 fully saturated rings. The third-order valence-electron chi connectivity index (χ3n) is 6.66. The molecule has 4 nitrogen and oxygen atoms in total. The van der Waals surface area contributed by atoms with Gasteiger partial charge in [-0.25, -0.2) is 4.39 Å². The lowest BCUT2D eigenvalue weighted by atomic mass is 9.89. The molecule has 0 aromatic heterocycles. The van der Waals surface area contributed by atoms with E-state index in [-0.39, 0.29) is 17.5 Å². The average molecular weight is 467 g/mol. The van der Waals surface area contributed by atoms with Gasteiger partial charge in [-0.2, -0.15) is 0 Å². The normalized spacial score (nSPS) is 14.0. The van der Waals surface area contributed by atoms with Gasteiger partial charge in [0.05, 0.1) is 5.69 Å². The first-order valence-electron chi connectivity index (χ1n) is 11.9. The van der Waals surface area contributed by atoms with Crippen molar-refractivity contribution in [3.8, 4) is 16.9 Å². The van der Waals surface area contributed by atoms with Crippen LogP contribution >= 0.6 is 0 Å². The second-order valence-electron chi connectivity index (χ2n) is 8.92. The Labute approximate surface area is 204 Å². The van der Waals surface area contributed by atoms with E-state index in [0.29, 0.717) is 22.9 Å². The van der Waals surface area contributed by atoms with Gasteiger partial charge in [-0.05, 0) is 77.9 Å². The molecule has 1 saturated heterocycles. The van der Waals surface area contributed by atoms with E-state index in [9.17, 15) is 14.3 Å². The number of benzene rings is 4. The maximum atomic E-state index is 14.7. The molecule has 0 unspecified atom stereocenters. The molecular weight excluding hydrogens is 439 g/mol. The van der Waals surface area contributed by atoms with Gasteiger partial charge in [0.2, 0.25) is 0 Å². The second kappa shape index (κ2) is 10.0. The number of piperidine rings is 1. The number of carbonyl (C=O) groups excluding carboxylic acids is 1. The smallest absolute Gasteiger partial charge is 0.255 e. The predicted octanol–water partition coefficient (Wildman–Crippen LogP) is 6.83. The van der Waals surface area contributed by atoms with Crippen LogP contribution in [0.25, 0.3) is 11.1 Å². The van der Waals surface area contributed by atoms with E-state index in [1.54, 1.807) is 36.4 Å². The van der Waals surface area contributed by atoms with Crippen LogP contribution in [0.4, 0.5) is 15.8 Å². The first-order chi connectivity index (χ1) is 17.1. The van der Waals surface area contributed by atoms with Gasteiger partial charge in [0, 0.05) is 24.3 Å². The highest BCUT2D eigenvalue weighted by molar-refractivity contribution is 6.04. The summed E-state index contributed by atoms with van der Waals surface area (Å²) in [6.07, 6.45) is 1.93. The van der Waals surface area contributed by atoms with Crippen molar-refractivity contribution >= 4 is 17.3 Å². The Hall–Kier alpha value is -4.12. The number of carbonyl (C=O) groups is 1. The van der Waals surface area contributed by atoms with Gasteiger partial charge >= 0.3 is 0 Å². The Morgan fingerprint density at radius 3 is 2.11 bits per heavy atom. The molecule has 1 aliphatic heterocycles. The lowest BCUT2D eigenvalue weighted by molar-refractivity contribution is 0.102. The molecule has 35 heavy (non-hydrogen) atoms. The molecule has 176 valence electrons. The summed E-state index contributed by atoms with van der Waals surface area (Å²) in [6, 6.07) is 29.4. The summed E-state index contributed by atoms with van der Waals surface area (Å²) < 4.78 is 14.7. The zero-order valence-corrected chi connectivity index (χ0v) is 19.3. The van der Waals surface area contributed by atoms with Crippen LogP contribution in [-0.4, -0.2) is 24.1 Å². The highest BCUT2D eigenvalue weighted by Gasteiger charge is 2.23. The molecule has 1 amide bonds. The number of hydrogen-bond acceptors (Lipinski definition) is 3. The highest BCUT2D eigenvalue weighted by atomic mass is 19.1. The fourth-order valence-corrected chi connectivity index (χ4v) is 4.68. The van der Waals surface area contributed by atoms with E-state index in [4.69, 9.17) is 0 Å². The summed E-state index contributed by atoms with van der Waals surface area (Å²) in [7, 11) is 0. The van der Waals surface area contributed by atoms with Crippen LogP contribution in [0.2, 0.25) is 0 Å². The average Bonchev–Trinajstić information content (AvgIpc) is 2.91. The van der Waals surface area contributed by atoms with Crippen LogP contribution in [0.15, 0.2) is 97.1 Å². The van der Waals surface area contributed by atoms with Gasteiger partial charge in [0.25, 0.3) is 5.91 Å². The molecule has 0 atom stereocenters. The summed E-state index contributed by atoms with van der Waals surface area (Å²) in [5, 5.41) is 12.4. The summed E-state index contributed by atoms with van der Waals surface area (Å²) >= 11 is 0. The number of halogens is 1. The fourth-order valence-electron chi connectivity index (χ4n) is 4.68. The van der Waals surface area contributed by atoms with E-state index in [1.165, 1.54) is 11.6 Å². The minimum absolute atomic E-state index is 0.212. The number of amides is 1. The SMILES string of the molecule is O=C(Nc1ccc(F)c(N2CCC(c3ccccc3)CC2)c1)c1ccc(-c2ccc(O)cc2)cc1. The van der Waals surface area contributed by atoms with Crippen molar-refractivity contribution in [3.63, 3.8) is 0 Å². The second-order valence-corrected chi connectivity index (χ2v) is 8.92. The highest BCUT2D eigenvalue weighted by Crippen LogP contribution is 2.32. The third kappa shape index (κ3) is 5.19. The van der Waals surface area contributed by atoms with E-state index < -0.39 is 0 Å². The number of anilines is 2. The van der Waals surface area contributed by atoms with Gasteiger partial charge in [0.1, 0.15) is 11.6 Å². The van der Waals surface area contributed by atoms with Gasteiger partial charge in [-0.1, -0.05) is 54.6 Å². The van der Waals surface area contributed by atoms with Gasteiger partial charge in [0.15, 0.2) is 0 Å². The Balaban J connectivity index is 1.25. The van der Waals surface area contributed by atoms with Crippen molar-refractivity contribution in [1.29, 1.82) is 0 Å². The molecule has 5 heteroatoms. The van der Waals surface area contributed by atoms with Gasteiger partial charge in [-0.3, -0.25) is 4.79 Å². The first kappa shape index (κ1) is 22.7. The van der Waals surface area contributed by atoms with Crippen molar-refractivity contribution in [1.82, 2.24) is 0 Å². The molecule has 0 aliphatic carbocycles. The summed E-state index contributed by atoms with van der Waals surface area (Å²) in [6.45, 7) is 1.54. The fraction of sp³-hybridized carbons (Fsp3) is 0.167. The monoisotopic (exact) mass is 466 g/mol. The summed E-state index contributed by atoms with van der Waals surface area (Å²) in [4.78, 5) is 14.9. The van der Waals surface area contributed by atoms with Gasteiger partial charge in [-0.15, -0.1) is 0 Å². The quantitative estimate of drug-likeness (QED) is 0.339. The maximum absolute atomic E-state index is 14.7. The Morgan fingerprint density at radius 2 is 1.46 bits per heavy atom. The first-order valence-corrected chi connectivity index (χ1v) is 11.9. The number of nitrogens with zero attached hydrogens (tertiary/aromatic N) is 1. The number of aromatic hydroxyl groups is 1. The summed E-state index contributed by atoms with van der Waals surface area (Å²) in [5.74, 6) is 0.175. The topological polar surface area (TPSA) is 52.6 Å². The number of phenolic OH excluding ortho intramolecular Hbond substituents is 1. The molecule has 5 rings (SSSR count). The Bertz CT molecular complexity index is 1300. The zero-order chi connectivity index (χ0) is 24.2.